The number of carboxylic acid groups (broad SMARTS) is 1. The molecule has 2 rings (SSSR count). The van der Waals surface area contributed by atoms with Gasteiger partial charge in [0.05, 0.1) is 5.02 Å². The van der Waals surface area contributed by atoms with Gasteiger partial charge in [0.15, 0.2) is 17.8 Å². The van der Waals surface area contributed by atoms with Crippen molar-refractivity contribution in [3.05, 3.63) is 47.1 Å². The lowest BCUT2D eigenvalue weighted by molar-refractivity contribution is 0.0686. The van der Waals surface area contributed by atoms with E-state index in [0.717, 1.165) is 6.39 Å². The molecule has 2 aromatic rings. The first-order valence-electron chi connectivity index (χ1n) is 4.71. The summed E-state index contributed by atoms with van der Waals surface area (Å²) in [6, 6.07) is 6.89. The fourth-order valence-electron chi connectivity index (χ4n) is 1.25. The van der Waals surface area contributed by atoms with Crippen LogP contribution in [-0.4, -0.2) is 16.1 Å². The average Bonchev–Trinajstić information content (AvgIpc) is 2.76. The smallest absolute Gasteiger partial charge is 0.358 e. The predicted octanol–water partition coefficient (Wildman–Crippen LogP) is 2.61. The summed E-state index contributed by atoms with van der Waals surface area (Å²) in [5.74, 6) is -0.546. The SMILES string of the molecule is O=C(O)c1ncoc1COc1ccccc1Cl. The second-order valence-corrected chi connectivity index (χ2v) is 3.56. The van der Waals surface area contributed by atoms with Gasteiger partial charge in [0.2, 0.25) is 0 Å². The lowest BCUT2D eigenvalue weighted by atomic mass is 10.3. The summed E-state index contributed by atoms with van der Waals surface area (Å²) in [5, 5.41) is 9.25. The third-order valence-electron chi connectivity index (χ3n) is 2.04. The predicted molar refractivity (Wildman–Crippen MR) is 59.2 cm³/mol. The van der Waals surface area contributed by atoms with Crippen LogP contribution in [0, 0.1) is 0 Å². The van der Waals surface area contributed by atoms with Crippen molar-refractivity contribution in [1.29, 1.82) is 0 Å². The molecule has 0 spiro atoms. The molecule has 0 aliphatic rings. The summed E-state index contributed by atoms with van der Waals surface area (Å²) in [5.41, 5.74) is -0.156. The molecule has 0 radical (unpaired) electrons. The molecule has 1 N–H and O–H groups in total. The number of halogens is 1. The Morgan fingerprint density at radius 1 is 1.47 bits per heavy atom. The van der Waals surface area contributed by atoms with E-state index in [-0.39, 0.29) is 18.1 Å². The van der Waals surface area contributed by atoms with Gasteiger partial charge in [-0.15, -0.1) is 0 Å². The number of ether oxygens (including phenoxy) is 1. The number of hydrogen-bond donors (Lipinski definition) is 1. The Hall–Kier alpha value is -2.01. The Morgan fingerprint density at radius 3 is 2.94 bits per heavy atom. The van der Waals surface area contributed by atoms with Crippen molar-refractivity contribution in [1.82, 2.24) is 4.98 Å². The topological polar surface area (TPSA) is 72.6 Å². The highest BCUT2D eigenvalue weighted by atomic mass is 35.5. The monoisotopic (exact) mass is 253 g/mol. The maximum Gasteiger partial charge on any atom is 0.358 e. The molecule has 6 heteroatoms. The minimum atomic E-state index is -1.16. The van der Waals surface area contributed by atoms with Gasteiger partial charge in [0, 0.05) is 0 Å². The van der Waals surface area contributed by atoms with Gasteiger partial charge in [0.25, 0.3) is 0 Å². The number of rotatable bonds is 4. The maximum atomic E-state index is 10.8. The van der Waals surface area contributed by atoms with Crippen LogP contribution in [0.25, 0.3) is 0 Å². The fourth-order valence-corrected chi connectivity index (χ4v) is 1.44. The molecule has 1 aromatic heterocycles. The summed E-state index contributed by atoms with van der Waals surface area (Å²) >= 11 is 5.88. The quantitative estimate of drug-likeness (QED) is 0.907. The van der Waals surface area contributed by atoms with Gasteiger partial charge in [-0.05, 0) is 12.1 Å². The molecule has 0 fully saturated rings. The van der Waals surface area contributed by atoms with E-state index in [1.165, 1.54) is 0 Å². The van der Waals surface area contributed by atoms with Crippen molar-refractivity contribution < 1.29 is 19.1 Å². The van der Waals surface area contributed by atoms with Gasteiger partial charge in [-0.1, -0.05) is 23.7 Å². The van der Waals surface area contributed by atoms with Crippen LogP contribution in [-0.2, 0) is 6.61 Å². The van der Waals surface area contributed by atoms with Crippen LogP contribution in [0.15, 0.2) is 35.1 Å². The normalized spacial score (nSPS) is 10.2. The summed E-state index contributed by atoms with van der Waals surface area (Å²) < 4.78 is 10.3. The third kappa shape index (κ3) is 2.57. The van der Waals surface area contributed by atoms with E-state index in [0.29, 0.717) is 10.8 Å². The molecule has 17 heavy (non-hydrogen) atoms. The van der Waals surface area contributed by atoms with Crippen molar-refractivity contribution >= 4 is 17.6 Å². The largest absolute Gasteiger partial charge is 0.484 e. The lowest BCUT2D eigenvalue weighted by Crippen LogP contribution is -2.04. The van der Waals surface area contributed by atoms with Gasteiger partial charge in [0.1, 0.15) is 12.4 Å². The summed E-state index contributed by atoms with van der Waals surface area (Å²) in [4.78, 5) is 14.3. The molecule has 88 valence electrons. The number of oxazole rings is 1. The van der Waals surface area contributed by atoms with Crippen molar-refractivity contribution in [2.75, 3.05) is 0 Å². The zero-order chi connectivity index (χ0) is 12.3. The molecule has 0 unspecified atom stereocenters. The second-order valence-electron chi connectivity index (χ2n) is 3.15. The molecule has 0 aliphatic carbocycles. The minimum absolute atomic E-state index is 0.0363. The number of carboxylic acids is 1. The highest BCUT2D eigenvalue weighted by Crippen LogP contribution is 2.24. The number of aromatic nitrogens is 1. The van der Waals surface area contributed by atoms with Gasteiger partial charge < -0.3 is 14.3 Å². The summed E-state index contributed by atoms with van der Waals surface area (Å²) in [7, 11) is 0. The van der Waals surface area contributed by atoms with Crippen LogP contribution in [0.2, 0.25) is 5.02 Å². The zero-order valence-corrected chi connectivity index (χ0v) is 9.35. The van der Waals surface area contributed by atoms with E-state index in [4.69, 9.17) is 25.9 Å². The number of para-hydroxylation sites is 1. The second kappa shape index (κ2) is 4.88. The van der Waals surface area contributed by atoms with Crippen molar-refractivity contribution in [2.45, 2.75) is 6.61 Å². The van der Waals surface area contributed by atoms with E-state index >= 15 is 0 Å². The van der Waals surface area contributed by atoms with Crippen molar-refractivity contribution in [3.63, 3.8) is 0 Å². The Bertz CT molecular complexity index is 538. The first-order valence-corrected chi connectivity index (χ1v) is 5.09. The molecule has 1 aromatic carbocycles. The van der Waals surface area contributed by atoms with Crippen molar-refractivity contribution in [3.8, 4) is 5.75 Å². The number of hydrogen-bond acceptors (Lipinski definition) is 4. The molecular formula is C11H8ClNO4. The number of carbonyl (C=O) groups is 1. The van der Waals surface area contributed by atoms with Crippen LogP contribution in [0.1, 0.15) is 16.2 Å². The standard InChI is InChI=1S/C11H8ClNO4/c12-7-3-1-2-4-8(7)16-5-9-10(11(14)15)13-6-17-9/h1-4,6H,5H2,(H,14,15). The molecule has 0 amide bonds. The molecule has 0 atom stereocenters. The van der Waals surface area contributed by atoms with Crippen LogP contribution in [0.4, 0.5) is 0 Å². The van der Waals surface area contributed by atoms with Gasteiger partial charge in [-0.2, -0.15) is 0 Å². The number of nitrogens with zero attached hydrogens (tertiary/aromatic N) is 1. The Kier molecular flexibility index (Phi) is 3.30. The minimum Gasteiger partial charge on any atom is -0.484 e. The Balaban J connectivity index is 2.10. The average molecular weight is 254 g/mol. The molecule has 0 aliphatic heterocycles. The molecule has 5 nitrogen and oxygen atoms in total. The van der Waals surface area contributed by atoms with Crippen LogP contribution in [0.5, 0.6) is 5.75 Å². The van der Waals surface area contributed by atoms with Crippen LogP contribution < -0.4 is 4.74 Å². The Labute approximate surface area is 102 Å². The first kappa shape index (κ1) is 11.5. The Morgan fingerprint density at radius 2 is 2.24 bits per heavy atom. The van der Waals surface area contributed by atoms with E-state index in [1.807, 2.05) is 0 Å². The molecule has 0 saturated heterocycles. The lowest BCUT2D eigenvalue weighted by Gasteiger charge is -2.05. The van der Waals surface area contributed by atoms with Crippen molar-refractivity contribution in [2.24, 2.45) is 0 Å². The highest BCUT2D eigenvalue weighted by Gasteiger charge is 2.16. The molecule has 0 saturated carbocycles. The van der Waals surface area contributed by atoms with E-state index in [2.05, 4.69) is 4.98 Å². The molecule has 0 bridgehead atoms. The fraction of sp³-hybridized carbons (Fsp3) is 0.0909. The van der Waals surface area contributed by atoms with Crippen LogP contribution >= 0.6 is 11.6 Å². The first-order chi connectivity index (χ1) is 8.18. The van der Waals surface area contributed by atoms with Gasteiger partial charge >= 0.3 is 5.97 Å². The summed E-state index contributed by atoms with van der Waals surface area (Å²) in [6.45, 7) is -0.0363. The highest BCUT2D eigenvalue weighted by molar-refractivity contribution is 6.32. The number of benzene rings is 1. The zero-order valence-electron chi connectivity index (χ0n) is 8.59. The number of aromatic carboxylic acids is 1. The third-order valence-corrected chi connectivity index (χ3v) is 2.35. The van der Waals surface area contributed by atoms with E-state index < -0.39 is 5.97 Å². The van der Waals surface area contributed by atoms with Gasteiger partial charge in [-0.3, -0.25) is 0 Å². The van der Waals surface area contributed by atoms with E-state index in [9.17, 15) is 4.79 Å². The molecule has 1 heterocycles. The van der Waals surface area contributed by atoms with E-state index in [1.54, 1.807) is 24.3 Å². The van der Waals surface area contributed by atoms with Crippen LogP contribution in [0.3, 0.4) is 0 Å². The van der Waals surface area contributed by atoms with Gasteiger partial charge in [-0.25, -0.2) is 9.78 Å². The maximum absolute atomic E-state index is 10.8. The molecular weight excluding hydrogens is 246 g/mol. The summed E-state index contributed by atoms with van der Waals surface area (Å²) in [6.07, 6.45) is 1.06.